The van der Waals surface area contributed by atoms with Crippen LogP contribution in [0.3, 0.4) is 0 Å². The van der Waals surface area contributed by atoms with E-state index in [2.05, 4.69) is 20.4 Å². The summed E-state index contributed by atoms with van der Waals surface area (Å²) >= 11 is 1.06. The van der Waals surface area contributed by atoms with Crippen LogP contribution in [-0.2, 0) is 6.42 Å². The minimum absolute atomic E-state index is 0.143. The van der Waals surface area contributed by atoms with Crippen LogP contribution in [0.25, 0.3) is 0 Å². The average Bonchev–Trinajstić information content (AvgIpc) is 2.85. The Kier molecular flexibility index (Phi) is 4.62. The molecule has 0 unspecified atom stereocenters. The van der Waals surface area contributed by atoms with Crippen LogP contribution in [0.5, 0.6) is 5.75 Å². The van der Waals surface area contributed by atoms with Gasteiger partial charge in [0, 0.05) is 12.1 Å². The third-order valence-corrected chi connectivity index (χ3v) is 4.36. The fourth-order valence-electron chi connectivity index (χ4n) is 2.27. The first-order valence-electron chi connectivity index (χ1n) is 7.27. The third kappa shape index (κ3) is 4.27. The molecule has 0 fully saturated rings. The molecule has 0 aliphatic carbocycles. The van der Waals surface area contributed by atoms with Crippen LogP contribution < -0.4 is 15.4 Å². The number of nitrogens with one attached hydrogen (secondary N) is 2. The van der Waals surface area contributed by atoms with E-state index in [1.165, 1.54) is 12.1 Å². The van der Waals surface area contributed by atoms with Crippen molar-refractivity contribution in [3.63, 3.8) is 0 Å². The molecule has 132 valence electrons. The lowest BCUT2D eigenvalue weighted by Gasteiger charge is -2.09. The quantitative estimate of drug-likeness (QED) is 0.869. The number of aryl methyl sites for hydroxylation is 1. The highest BCUT2D eigenvalue weighted by Gasteiger charge is 2.31. The fourth-order valence-corrected chi connectivity index (χ4v) is 3.19. The molecule has 0 spiro atoms. The molecule has 0 bridgehead atoms. The molecule has 25 heavy (non-hydrogen) atoms. The van der Waals surface area contributed by atoms with Crippen molar-refractivity contribution in [2.45, 2.75) is 19.2 Å². The largest absolute Gasteiger partial charge is 0.573 e. The summed E-state index contributed by atoms with van der Waals surface area (Å²) in [5.74, 6) is -1.18. The molecule has 2 amide bonds. The summed E-state index contributed by atoms with van der Waals surface area (Å²) in [6, 6.07) is 4.52. The van der Waals surface area contributed by atoms with Gasteiger partial charge in [-0.05, 0) is 37.1 Å². The van der Waals surface area contributed by atoms with E-state index in [0.29, 0.717) is 23.5 Å². The molecule has 3 rings (SSSR count). The van der Waals surface area contributed by atoms with E-state index in [-0.39, 0.29) is 16.6 Å². The molecule has 1 aromatic carbocycles. The van der Waals surface area contributed by atoms with Crippen LogP contribution >= 0.6 is 11.3 Å². The molecule has 0 saturated carbocycles. The number of anilines is 1. The van der Waals surface area contributed by atoms with Crippen LogP contribution in [-0.4, -0.2) is 29.7 Å². The van der Waals surface area contributed by atoms with Gasteiger partial charge in [0.25, 0.3) is 11.8 Å². The van der Waals surface area contributed by atoms with Gasteiger partial charge in [-0.25, -0.2) is 4.98 Å². The van der Waals surface area contributed by atoms with Crippen LogP contribution in [0.4, 0.5) is 18.3 Å². The molecular weight excluding hydrogens is 359 g/mol. The van der Waals surface area contributed by atoms with Crippen molar-refractivity contribution in [3.8, 4) is 5.75 Å². The average molecular weight is 371 g/mol. The van der Waals surface area contributed by atoms with Crippen molar-refractivity contribution >= 4 is 28.3 Å². The van der Waals surface area contributed by atoms with Crippen molar-refractivity contribution in [2.24, 2.45) is 0 Å². The maximum Gasteiger partial charge on any atom is 0.573 e. The molecule has 1 aliphatic rings. The first-order chi connectivity index (χ1) is 11.8. The van der Waals surface area contributed by atoms with Gasteiger partial charge in [-0.2, -0.15) is 0 Å². The lowest BCUT2D eigenvalue weighted by molar-refractivity contribution is -0.274. The van der Waals surface area contributed by atoms with Gasteiger partial charge in [-0.3, -0.25) is 14.9 Å². The highest BCUT2D eigenvalue weighted by Crippen LogP contribution is 2.27. The van der Waals surface area contributed by atoms with E-state index in [0.717, 1.165) is 29.9 Å². The Labute approximate surface area is 144 Å². The Hall–Kier alpha value is -2.62. The first-order valence-corrected chi connectivity index (χ1v) is 8.08. The zero-order valence-electron chi connectivity index (χ0n) is 12.6. The van der Waals surface area contributed by atoms with E-state index in [1.54, 1.807) is 0 Å². The Balaban J connectivity index is 1.70. The number of alkyl halides is 3. The number of nitrogens with zero attached hydrogens (tertiary/aromatic N) is 1. The number of fused-ring (bicyclic) bond motifs is 1. The highest BCUT2D eigenvalue weighted by atomic mass is 32.1. The van der Waals surface area contributed by atoms with Gasteiger partial charge in [-0.1, -0.05) is 11.3 Å². The van der Waals surface area contributed by atoms with Crippen LogP contribution in [0, 0.1) is 0 Å². The standard InChI is InChI=1S/C15H12F3N3O3S/c16-15(17,18)24-9-5-3-8(4-6-9)12(22)21-14-20-10-2-1-7-19-13(23)11(10)25-14/h3-6H,1-2,7H2,(H,19,23)(H,20,21,22). The molecule has 10 heteroatoms. The molecule has 2 aromatic rings. The second kappa shape index (κ2) is 6.71. The lowest BCUT2D eigenvalue weighted by atomic mass is 10.2. The Bertz CT molecular complexity index is 803. The van der Waals surface area contributed by atoms with E-state index in [9.17, 15) is 22.8 Å². The Morgan fingerprint density at radius 3 is 2.68 bits per heavy atom. The van der Waals surface area contributed by atoms with Crippen molar-refractivity contribution in [1.82, 2.24) is 10.3 Å². The van der Waals surface area contributed by atoms with E-state index >= 15 is 0 Å². The van der Waals surface area contributed by atoms with E-state index in [1.807, 2.05) is 0 Å². The van der Waals surface area contributed by atoms with Gasteiger partial charge in [0.1, 0.15) is 10.6 Å². The van der Waals surface area contributed by atoms with Crippen molar-refractivity contribution in [2.75, 3.05) is 11.9 Å². The minimum atomic E-state index is -4.79. The Morgan fingerprint density at radius 2 is 2.00 bits per heavy atom. The maximum atomic E-state index is 12.2. The van der Waals surface area contributed by atoms with Gasteiger partial charge in [0.05, 0.1) is 5.69 Å². The first kappa shape index (κ1) is 17.2. The molecule has 2 heterocycles. The summed E-state index contributed by atoms with van der Waals surface area (Å²) in [5.41, 5.74) is 0.772. The second-order valence-electron chi connectivity index (χ2n) is 5.18. The van der Waals surface area contributed by atoms with Gasteiger partial charge in [0.2, 0.25) is 0 Å². The third-order valence-electron chi connectivity index (χ3n) is 3.35. The van der Waals surface area contributed by atoms with Crippen molar-refractivity contribution in [1.29, 1.82) is 0 Å². The number of carbonyl (C=O) groups is 2. The second-order valence-corrected chi connectivity index (χ2v) is 6.18. The number of halogens is 3. The molecule has 6 nitrogen and oxygen atoms in total. The zero-order valence-corrected chi connectivity index (χ0v) is 13.5. The summed E-state index contributed by atoms with van der Waals surface area (Å²) < 4.78 is 40.1. The smallest absolute Gasteiger partial charge is 0.406 e. The number of hydrogen-bond acceptors (Lipinski definition) is 5. The number of ether oxygens (including phenoxy) is 1. The normalized spacial score (nSPS) is 14.3. The summed E-state index contributed by atoms with van der Waals surface area (Å²) in [6.45, 7) is 0.579. The topological polar surface area (TPSA) is 80.3 Å². The number of benzene rings is 1. The van der Waals surface area contributed by atoms with E-state index in [4.69, 9.17) is 0 Å². The fraction of sp³-hybridized carbons (Fsp3) is 0.267. The molecule has 0 radical (unpaired) electrons. The number of rotatable bonds is 3. The predicted molar refractivity (Wildman–Crippen MR) is 83.8 cm³/mol. The number of hydrogen-bond donors (Lipinski definition) is 2. The van der Waals surface area contributed by atoms with E-state index < -0.39 is 18.0 Å². The maximum absolute atomic E-state index is 12.2. The van der Waals surface area contributed by atoms with Gasteiger partial charge in [-0.15, -0.1) is 13.2 Å². The Morgan fingerprint density at radius 1 is 1.28 bits per heavy atom. The minimum Gasteiger partial charge on any atom is -0.406 e. The summed E-state index contributed by atoms with van der Waals surface area (Å²) in [6.07, 6.45) is -3.40. The number of aromatic nitrogens is 1. The monoisotopic (exact) mass is 371 g/mol. The predicted octanol–water partition coefficient (Wildman–Crippen LogP) is 2.97. The van der Waals surface area contributed by atoms with Gasteiger partial charge >= 0.3 is 6.36 Å². The lowest BCUT2D eigenvalue weighted by Crippen LogP contribution is -2.21. The molecule has 2 N–H and O–H groups in total. The highest BCUT2D eigenvalue weighted by molar-refractivity contribution is 7.17. The molecule has 0 atom stereocenters. The van der Waals surface area contributed by atoms with Crippen molar-refractivity contribution in [3.05, 3.63) is 40.4 Å². The molecule has 0 saturated heterocycles. The molecule has 1 aromatic heterocycles. The number of carbonyl (C=O) groups excluding carboxylic acids is 2. The number of amides is 2. The van der Waals surface area contributed by atoms with Gasteiger partial charge in [0.15, 0.2) is 5.13 Å². The summed E-state index contributed by atoms with van der Waals surface area (Å²) in [5, 5.41) is 5.55. The number of thiazole rings is 1. The molecule has 1 aliphatic heterocycles. The SMILES string of the molecule is O=C(Nc1nc2c(s1)C(=O)NCCC2)c1ccc(OC(F)(F)F)cc1. The van der Waals surface area contributed by atoms with Crippen molar-refractivity contribution < 1.29 is 27.5 Å². The molecular formula is C15H12F3N3O3S. The van der Waals surface area contributed by atoms with Crippen LogP contribution in [0.2, 0.25) is 0 Å². The van der Waals surface area contributed by atoms with Crippen LogP contribution in [0.1, 0.15) is 32.1 Å². The summed E-state index contributed by atoms with van der Waals surface area (Å²) in [4.78, 5) is 28.7. The summed E-state index contributed by atoms with van der Waals surface area (Å²) in [7, 11) is 0. The van der Waals surface area contributed by atoms with Gasteiger partial charge < -0.3 is 10.1 Å². The zero-order chi connectivity index (χ0) is 18.0. The van der Waals surface area contributed by atoms with Crippen LogP contribution in [0.15, 0.2) is 24.3 Å².